The van der Waals surface area contributed by atoms with Gasteiger partial charge >= 0.3 is 0 Å². The highest BCUT2D eigenvalue weighted by atomic mass is 35.5. The van der Waals surface area contributed by atoms with E-state index >= 15 is 0 Å². The van der Waals surface area contributed by atoms with E-state index in [9.17, 15) is 9.00 Å². The van der Waals surface area contributed by atoms with Crippen LogP contribution in [0.25, 0.3) is 0 Å². The van der Waals surface area contributed by atoms with Gasteiger partial charge in [-0.15, -0.1) is 0 Å². The molecule has 0 aliphatic rings. The summed E-state index contributed by atoms with van der Waals surface area (Å²) in [5.41, 5.74) is 0.927. The average Bonchev–Trinajstić information content (AvgIpc) is 3.09. The van der Waals surface area contributed by atoms with Crippen LogP contribution in [0.15, 0.2) is 70.0 Å². The normalized spacial score (nSPS) is 11.9. The molecular weight excluding hydrogens is 393 g/mol. The summed E-state index contributed by atoms with van der Waals surface area (Å²) in [6.45, 7) is 0.362. The molecule has 2 aromatic carbocycles. The standard InChI is InChI=1S/C19H15Cl2NO3S/c20-14-6-4-13(5-7-14)11-22-19(23)18-9-8-16(25-18)12-26(24)17-3-1-2-15(21)10-17/h1-10H,11-12H2,(H,22,23). The number of carbonyl (C=O) groups is 1. The van der Waals surface area contributed by atoms with Gasteiger partial charge in [-0.1, -0.05) is 41.4 Å². The van der Waals surface area contributed by atoms with Crippen molar-refractivity contribution >= 4 is 39.9 Å². The van der Waals surface area contributed by atoms with Gasteiger partial charge in [0, 0.05) is 21.5 Å². The van der Waals surface area contributed by atoms with E-state index in [2.05, 4.69) is 5.32 Å². The fourth-order valence-corrected chi connectivity index (χ4v) is 3.72. The van der Waals surface area contributed by atoms with Crippen molar-refractivity contribution in [1.82, 2.24) is 5.32 Å². The Balaban J connectivity index is 1.59. The third kappa shape index (κ3) is 4.97. The lowest BCUT2D eigenvalue weighted by Crippen LogP contribution is -2.22. The minimum Gasteiger partial charge on any atom is -0.455 e. The third-order valence-electron chi connectivity index (χ3n) is 3.58. The van der Waals surface area contributed by atoms with E-state index in [-0.39, 0.29) is 17.4 Å². The first-order chi connectivity index (χ1) is 12.5. The molecule has 7 heteroatoms. The topological polar surface area (TPSA) is 59.3 Å². The van der Waals surface area contributed by atoms with Gasteiger partial charge in [-0.05, 0) is 48.0 Å². The minimum atomic E-state index is -1.30. The van der Waals surface area contributed by atoms with Crippen molar-refractivity contribution in [3.8, 4) is 0 Å². The molecule has 0 spiro atoms. The number of hydrogen-bond acceptors (Lipinski definition) is 3. The first-order valence-electron chi connectivity index (χ1n) is 7.76. The summed E-state index contributed by atoms with van der Waals surface area (Å²) in [5, 5.41) is 3.94. The SMILES string of the molecule is O=C(NCc1ccc(Cl)cc1)c1ccc(CS(=O)c2cccc(Cl)c2)o1. The summed E-state index contributed by atoms with van der Waals surface area (Å²) >= 11 is 11.7. The molecule has 26 heavy (non-hydrogen) atoms. The first-order valence-corrected chi connectivity index (χ1v) is 9.84. The van der Waals surface area contributed by atoms with Gasteiger partial charge in [0.25, 0.3) is 5.91 Å². The van der Waals surface area contributed by atoms with E-state index < -0.39 is 10.8 Å². The molecule has 0 fully saturated rings. The van der Waals surface area contributed by atoms with Crippen LogP contribution in [0.3, 0.4) is 0 Å². The maximum Gasteiger partial charge on any atom is 0.287 e. The molecule has 1 atom stereocenters. The van der Waals surface area contributed by atoms with Gasteiger partial charge in [0.1, 0.15) is 5.76 Å². The molecule has 0 radical (unpaired) electrons. The maximum absolute atomic E-state index is 12.4. The largest absolute Gasteiger partial charge is 0.455 e. The van der Waals surface area contributed by atoms with Crippen LogP contribution in [0.2, 0.25) is 10.0 Å². The van der Waals surface area contributed by atoms with Crippen molar-refractivity contribution in [1.29, 1.82) is 0 Å². The van der Waals surface area contributed by atoms with Crippen LogP contribution in [-0.2, 0) is 23.1 Å². The Morgan fingerprint density at radius 1 is 1.00 bits per heavy atom. The van der Waals surface area contributed by atoms with Gasteiger partial charge in [0.2, 0.25) is 0 Å². The highest BCUT2D eigenvalue weighted by Gasteiger charge is 2.14. The first kappa shape index (κ1) is 18.7. The average molecular weight is 408 g/mol. The number of hydrogen-bond donors (Lipinski definition) is 1. The van der Waals surface area contributed by atoms with Crippen LogP contribution in [0.4, 0.5) is 0 Å². The highest BCUT2D eigenvalue weighted by Crippen LogP contribution is 2.18. The fourth-order valence-electron chi connectivity index (χ4n) is 2.27. The van der Waals surface area contributed by atoms with Crippen LogP contribution >= 0.6 is 23.2 Å². The molecule has 4 nitrogen and oxygen atoms in total. The molecule has 1 aromatic heterocycles. The Morgan fingerprint density at radius 2 is 1.77 bits per heavy atom. The van der Waals surface area contributed by atoms with Crippen molar-refractivity contribution in [2.45, 2.75) is 17.2 Å². The van der Waals surface area contributed by atoms with Gasteiger partial charge < -0.3 is 9.73 Å². The molecule has 1 amide bonds. The summed E-state index contributed by atoms with van der Waals surface area (Å²) in [7, 11) is -1.30. The molecule has 1 heterocycles. The summed E-state index contributed by atoms with van der Waals surface area (Å²) < 4.78 is 17.9. The molecule has 134 valence electrons. The molecule has 0 aliphatic carbocycles. The van der Waals surface area contributed by atoms with Crippen LogP contribution < -0.4 is 5.32 Å². The second-order valence-corrected chi connectivity index (χ2v) is 7.85. The zero-order valence-corrected chi connectivity index (χ0v) is 15.9. The maximum atomic E-state index is 12.4. The Morgan fingerprint density at radius 3 is 2.50 bits per heavy atom. The van der Waals surface area contributed by atoms with E-state index in [0.29, 0.717) is 27.2 Å². The lowest BCUT2D eigenvalue weighted by molar-refractivity contribution is 0.0921. The van der Waals surface area contributed by atoms with Gasteiger partial charge in [-0.2, -0.15) is 0 Å². The van der Waals surface area contributed by atoms with Gasteiger partial charge in [0.05, 0.1) is 16.6 Å². The molecule has 0 saturated heterocycles. The predicted molar refractivity (Wildman–Crippen MR) is 103 cm³/mol. The quantitative estimate of drug-likeness (QED) is 0.636. The summed E-state index contributed by atoms with van der Waals surface area (Å²) in [6, 6.07) is 17.3. The van der Waals surface area contributed by atoms with Crippen LogP contribution in [-0.4, -0.2) is 10.1 Å². The zero-order chi connectivity index (χ0) is 18.5. The number of halogens is 2. The lowest BCUT2D eigenvalue weighted by atomic mass is 10.2. The molecule has 1 unspecified atom stereocenters. The monoisotopic (exact) mass is 407 g/mol. The highest BCUT2D eigenvalue weighted by molar-refractivity contribution is 7.84. The number of rotatable bonds is 6. The van der Waals surface area contributed by atoms with Crippen LogP contribution in [0.5, 0.6) is 0 Å². The van der Waals surface area contributed by atoms with Crippen molar-refractivity contribution < 1.29 is 13.4 Å². The number of carbonyl (C=O) groups excluding carboxylic acids is 1. The van der Waals surface area contributed by atoms with Crippen molar-refractivity contribution in [3.63, 3.8) is 0 Å². The smallest absolute Gasteiger partial charge is 0.287 e. The zero-order valence-electron chi connectivity index (χ0n) is 13.6. The summed E-state index contributed by atoms with van der Waals surface area (Å²) in [6.07, 6.45) is 0. The number of benzene rings is 2. The lowest BCUT2D eigenvalue weighted by Gasteiger charge is -2.04. The number of nitrogens with one attached hydrogen (secondary N) is 1. The molecule has 0 aliphatic heterocycles. The third-order valence-corrected chi connectivity index (χ3v) is 5.40. The van der Waals surface area contributed by atoms with Crippen LogP contribution in [0, 0.1) is 0 Å². The summed E-state index contributed by atoms with van der Waals surface area (Å²) in [4.78, 5) is 12.8. The van der Waals surface area contributed by atoms with E-state index in [0.717, 1.165) is 5.56 Å². The van der Waals surface area contributed by atoms with Crippen molar-refractivity contribution in [3.05, 3.63) is 87.8 Å². The molecule has 0 saturated carbocycles. The van der Waals surface area contributed by atoms with Crippen molar-refractivity contribution in [2.75, 3.05) is 0 Å². The molecule has 3 aromatic rings. The fraction of sp³-hybridized carbons (Fsp3) is 0.105. The minimum absolute atomic E-state index is 0.171. The van der Waals surface area contributed by atoms with E-state index in [4.69, 9.17) is 27.6 Å². The van der Waals surface area contributed by atoms with Gasteiger partial charge in [0.15, 0.2) is 5.76 Å². The molecular formula is C19H15Cl2NO3S. The second-order valence-electron chi connectivity index (χ2n) is 5.52. The Labute approximate surface area is 163 Å². The Kier molecular flexibility index (Phi) is 6.14. The van der Waals surface area contributed by atoms with E-state index in [1.54, 1.807) is 48.5 Å². The number of amides is 1. The Hall–Kier alpha value is -2.08. The molecule has 0 bridgehead atoms. The number of furan rings is 1. The van der Waals surface area contributed by atoms with Crippen molar-refractivity contribution in [2.24, 2.45) is 0 Å². The van der Waals surface area contributed by atoms with E-state index in [1.807, 2.05) is 12.1 Å². The van der Waals surface area contributed by atoms with Gasteiger partial charge in [-0.25, -0.2) is 0 Å². The Bertz CT molecular complexity index is 938. The second kappa shape index (κ2) is 8.54. The molecule has 1 N–H and O–H groups in total. The predicted octanol–water partition coefficient (Wildman–Crippen LogP) is 4.82. The molecule has 3 rings (SSSR count). The summed E-state index contributed by atoms with van der Waals surface area (Å²) in [5.74, 6) is 0.488. The van der Waals surface area contributed by atoms with Crippen LogP contribution in [0.1, 0.15) is 21.9 Å². The van der Waals surface area contributed by atoms with Gasteiger partial charge in [-0.3, -0.25) is 9.00 Å². The van der Waals surface area contributed by atoms with E-state index in [1.165, 1.54) is 0 Å².